The zero-order valence-electron chi connectivity index (χ0n) is 6.96. The summed E-state index contributed by atoms with van der Waals surface area (Å²) in [4.78, 5) is 0. The minimum atomic E-state index is -0.809. The first kappa shape index (κ1) is 8.99. The van der Waals surface area contributed by atoms with Crippen molar-refractivity contribution in [1.82, 2.24) is 0 Å². The van der Waals surface area contributed by atoms with Gasteiger partial charge in [0.15, 0.2) is 0 Å². The quantitative estimate of drug-likeness (QED) is 0.731. The van der Waals surface area contributed by atoms with Crippen molar-refractivity contribution in [3.05, 3.63) is 28.2 Å². The van der Waals surface area contributed by atoms with E-state index in [2.05, 4.69) is 15.9 Å². The minimum Gasteiger partial charge on any atom is -0.398 e. The van der Waals surface area contributed by atoms with E-state index in [9.17, 15) is 5.11 Å². The smallest absolute Gasteiger partial charge is 0.136 e. The Balaban J connectivity index is 2.36. The van der Waals surface area contributed by atoms with Crippen LogP contribution in [0.5, 0.6) is 0 Å². The number of nitrogens with two attached hydrogens (primary N) is 1. The molecule has 3 N–H and O–H groups in total. The van der Waals surface area contributed by atoms with E-state index in [1.807, 2.05) is 12.1 Å². The molecule has 1 aromatic carbocycles. The number of halogens is 1. The maximum absolute atomic E-state index is 9.91. The Bertz CT molecular complexity index is 336. The zero-order valence-corrected chi connectivity index (χ0v) is 8.54. The molecule has 1 aliphatic rings. The summed E-state index contributed by atoms with van der Waals surface area (Å²) in [7, 11) is 0. The number of anilines is 1. The van der Waals surface area contributed by atoms with Gasteiger partial charge in [0, 0.05) is 10.2 Å². The van der Waals surface area contributed by atoms with Gasteiger partial charge in [-0.2, -0.15) is 0 Å². The molecule has 0 radical (unpaired) electrons. The lowest BCUT2D eigenvalue weighted by molar-refractivity contribution is -0.184. The van der Waals surface area contributed by atoms with Crippen LogP contribution in [0.15, 0.2) is 22.7 Å². The van der Waals surface area contributed by atoms with E-state index in [0.29, 0.717) is 18.9 Å². The van der Waals surface area contributed by atoms with E-state index >= 15 is 0 Å². The minimum absolute atomic E-state index is 0.364. The first-order valence-electron chi connectivity index (χ1n) is 3.97. The molecule has 0 unspecified atom stereocenters. The van der Waals surface area contributed by atoms with E-state index in [0.717, 1.165) is 10.0 Å². The van der Waals surface area contributed by atoms with Crippen LogP contribution >= 0.6 is 15.9 Å². The highest BCUT2D eigenvalue weighted by atomic mass is 79.9. The largest absolute Gasteiger partial charge is 0.398 e. The fraction of sp³-hybridized carbons (Fsp3) is 0.333. The Morgan fingerprint density at radius 1 is 1.46 bits per heavy atom. The number of aliphatic hydroxyl groups is 1. The van der Waals surface area contributed by atoms with Crippen molar-refractivity contribution in [2.75, 3.05) is 18.9 Å². The predicted octanol–water partition coefficient (Wildman–Crippen LogP) is 1.25. The summed E-state index contributed by atoms with van der Waals surface area (Å²) in [5.41, 5.74) is 6.34. The predicted molar refractivity (Wildman–Crippen MR) is 53.3 cm³/mol. The monoisotopic (exact) mass is 243 g/mol. The molecule has 0 atom stereocenters. The fourth-order valence-corrected chi connectivity index (χ4v) is 1.66. The van der Waals surface area contributed by atoms with Gasteiger partial charge in [0.1, 0.15) is 5.60 Å². The number of benzene rings is 1. The molecule has 1 aliphatic heterocycles. The molecule has 0 aliphatic carbocycles. The molecule has 0 aromatic heterocycles. The molecule has 2 rings (SSSR count). The van der Waals surface area contributed by atoms with Crippen LogP contribution < -0.4 is 5.73 Å². The van der Waals surface area contributed by atoms with Crippen LogP contribution in [0.2, 0.25) is 0 Å². The molecule has 3 nitrogen and oxygen atoms in total. The van der Waals surface area contributed by atoms with Gasteiger partial charge in [-0.15, -0.1) is 0 Å². The SMILES string of the molecule is Nc1ccc(C2(O)COC2)cc1Br. The van der Waals surface area contributed by atoms with Crippen molar-refractivity contribution in [1.29, 1.82) is 0 Å². The van der Waals surface area contributed by atoms with Crippen LogP contribution in [0.3, 0.4) is 0 Å². The van der Waals surface area contributed by atoms with Crippen LogP contribution in [0.4, 0.5) is 5.69 Å². The van der Waals surface area contributed by atoms with Gasteiger partial charge in [-0.1, -0.05) is 6.07 Å². The molecule has 0 spiro atoms. The second-order valence-corrected chi connectivity index (χ2v) is 4.12. The third kappa shape index (κ3) is 1.45. The van der Waals surface area contributed by atoms with Crippen molar-refractivity contribution >= 4 is 21.6 Å². The molecule has 1 saturated heterocycles. The topological polar surface area (TPSA) is 55.5 Å². The molecule has 0 saturated carbocycles. The van der Waals surface area contributed by atoms with Crippen molar-refractivity contribution in [3.8, 4) is 0 Å². The van der Waals surface area contributed by atoms with Gasteiger partial charge in [0.25, 0.3) is 0 Å². The summed E-state index contributed by atoms with van der Waals surface area (Å²) < 4.78 is 5.78. The zero-order chi connectivity index (χ0) is 9.47. The Morgan fingerprint density at radius 2 is 2.15 bits per heavy atom. The molecule has 1 heterocycles. The molecule has 0 amide bonds. The molecule has 70 valence electrons. The number of hydrogen-bond acceptors (Lipinski definition) is 3. The summed E-state index contributed by atoms with van der Waals surface area (Å²) in [6, 6.07) is 5.43. The highest BCUT2D eigenvalue weighted by Crippen LogP contribution is 2.32. The van der Waals surface area contributed by atoms with Crippen molar-refractivity contribution in [2.45, 2.75) is 5.60 Å². The average Bonchev–Trinajstić information content (AvgIpc) is 2.06. The number of nitrogen functional groups attached to an aromatic ring is 1. The first-order chi connectivity index (χ1) is 6.12. The summed E-state index contributed by atoms with van der Waals surface area (Å²) in [5.74, 6) is 0. The summed E-state index contributed by atoms with van der Waals surface area (Å²) in [5, 5.41) is 9.91. The van der Waals surface area contributed by atoms with E-state index in [1.165, 1.54) is 0 Å². The maximum Gasteiger partial charge on any atom is 0.136 e. The molecule has 4 heteroatoms. The summed E-state index contributed by atoms with van der Waals surface area (Å²) in [6.07, 6.45) is 0. The highest BCUT2D eigenvalue weighted by Gasteiger charge is 2.38. The summed E-state index contributed by atoms with van der Waals surface area (Å²) >= 11 is 3.31. The van der Waals surface area contributed by atoms with Crippen LogP contribution in [0.25, 0.3) is 0 Å². The lowest BCUT2D eigenvalue weighted by Crippen LogP contribution is -2.46. The van der Waals surface area contributed by atoms with Gasteiger partial charge in [-0.25, -0.2) is 0 Å². The number of ether oxygens (including phenoxy) is 1. The lowest BCUT2D eigenvalue weighted by atomic mass is 9.92. The van der Waals surface area contributed by atoms with Crippen LogP contribution in [0, 0.1) is 0 Å². The fourth-order valence-electron chi connectivity index (χ4n) is 1.28. The van der Waals surface area contributed by atoms with E-state index in [4.69, 9.17) is 10.5 Å². The van der Waals surface area contributed by atoms with Gasteiger partial charge < -0.3 is 15.6 Å². The normalized spacial score (nSPS) is 19.5. The second kappa shape index (κ2) is 2.97. The molecule has 0 bridgehead atoms. The van der Waals surface area contributed by atoms with Crippen molar-refractivity contribution in [3.63, 3.8) is 0 Å². The Kier molecular flexibility index (Phi) is 2.06. The second-order valence-electron chi connectivity index (χ2n) is 3.26. The Hall–Kier alpha value is -0.580. The first-order valence-corrected chi connectivity index (χ1v) is 4.77. The summed E-state index contributed by atoms with van der Waals surface area (Å²) in [6.45, 7) is 0.729. The highest BCUT2D eigenvalue weighted by molar-refractivity contribution is 9.10. The molecule has 13 heavy (non-hydrogen) atoms. The van der Waals surface area contributed by atoms with Crippen LogP contribution in [0.1, 0.15) is 5.56 Å². The molecular formula is C9H10BrNO2. The number of rotatable bonds is 1. The van der Waals surface area contributed by atoms with Crippen LogP contribution in [-0.2, 0) is 10.3 Å². The van der Waals surface area contributed by atoms with Gasteiger partial charge in [0.05, 0.1) is 13.2 Å². The van der Waals surface area contributed by atoms with Gasteiger partial charge in [0.2, 0.25) is 0 Å². The number of hydrogen-bond donors (Lipinski definition) is 2. The molecule has 1 aromatic rings. The third-order valence-corrected chi connectivity index (χ3v) is 2.91. The Labute approximate surface area is 84.6 Å². The van der Waals surface area contributed by atoms with Gasteiger partial charge >= 0.3 is 0 Å². The van der Waals surface area contributed by atoms with Gasteiger partial charge in [-0.05, 0) is 33.6 Å². The third-order valence-electron chi connectivity index (χ3n) is 2.22. The van der Waals surface area contributed by atoms with E-state index in [-0.39, 0.29) is 0 Å². The maximum atomic E-state index is 9.91. The van der Waals surface area contributed by atoms with E-state index in [1.54, 1.807) is 6.07 Å². The molecular weight excluding hydrogens is 234 g/mol. The lowest BCUT2D eigenvalue weighted by Gasteiger charge is -2.36. The van der Waals surface area contributed by atoms with E-state index < -0.39 is 5.60 Å². The molecule has 1 fully saturated rings. The van der Waals surface area contributed by atoms with Crippen LogP contribution in [-0.4, -0.2) is 18.3 Å². The van der Waals surface area contributed by atoms with Crippen molar-refractivity contribution in [2.24, 2.45) is 0 Å². The van der Waals surface area contributed by atoms with Gasteiger partial charge in [-0.3, -0.25) is 0 Å². The standard InChI is InChI=1S/C9H10BrNO2/c10-7-3-6(1-2-8(7)11)9(12)4-13-5-9/h1-3,12H,4-5,11H2. The average molecular weight is 244 g/mol. The Morgan fingerprint density at radius 3 is 2.62 bits per heavy atom. The van der Waals surface area contributed by atoms with Crippen molar-refractivity contribution < 1.29 is 9.84 Å².